The minimum atomic E-state index is -1.89. The summed E-state index contributed by atoms with van der Waals surface area (Å²) in [6, 6.07) is 0. The minimum absolute atomic E-state index is 0.0713. The van der Waals surface area contributed by atoms with E-state index < -0.39 is 47.2 Å². The summed E-state index contributed by atoms with van der Waals surface area (Å²) in [4.78, 5) is 49.8. The van der Waals surface area contributed by atoms with Crippen LogP contribution in [0.5, 0.6) is 0 Å². The molecule has 30 heavy (non-hydrogen) atoms. The lowest BCUT2D eigenvalue weighted by Gasteiger charge is -2.37. The van der Waals surface area contributed by atoms with Gasteiger partial charge in [-0.1, -0.05) is 11.6 Å². The fourth-order valence-electron chi connectivity index (χ4n) is 4.69. The maximum Gasteiger partial charge on any atom is 0.351 e. The van der Waals surface area contributed by atoms with Gasteiger partial charge in [0, 0.05) is 24.5 Å². The zero-order chi connectivity index (χ0) is 22.6. The van der Waals surface area contributed by atoms with Crippen LogP contribution in [0.1, 0.15) is 48.0 Å². The fraction of sp³-hybridized carbons (Fsp3) is 0.545. The topological polar surface area (TPSA) is 116 Å². The van der Waals surface area contributed by atoms with Crippen molar-refractivity contribution in [1.82, 2.24) is 0 Å². The monoisotopic (exact) mass is 418 g/mol. The highest BCUT2D eigenvalue weighted by Gasteiger charge is 2.69. The summed E-state index contributed by atoms with van der Waals surface area (Å²) in [5.41, 5.74) is -2.41. The van der Waals surface area contributed by atoms with Crippen LogP contribution in [0.3, 0.4) is 0 Å². The summed E-state index contributed by atoms with van der Waals surface area (Å²) in [7, 11) is 0. The third-order valence-corrected chi connectivity index (χ3v) is 6.29. The first-order chi connectivity index (χ1) is 13.9. The van der Waals surface area contributed by atoms with Crippen molar-refractivity contribution in [3.63, 3.8) is 0 Å². The molecule has 0 spiro atoms. The Balaban J connectivity index is 2.19. The normalized spacial score (nSPS) is 35.9. The largest absolute Gasteiger partial charge is 0.458 e. The lowest BCUT2D eigenvalue weighted by molar-refractivity contribution is -0.176. The molecule has 5 unspecified atom stereocenters. The molecule has 0 amide bonds. The van der Waals surface area contributed by atoms with Crippen molar-refractivity contribution in [1.29, 1.82) is 0 Å². The zero-order valence-corrected chi connectivity index (χ0v) is 17.9. The van der Waals surface area contributed by atoms with E-state index in [0.29, 0.717) is 16.7 Å². The van der Waals surface area contributed by atoms with Gasteiger partial charge in [0.15, 0.2) is 11.4 Å². The van der Waals surface area contributed by atoms with Gasteiger partial charge in [-0.25, -0.2) is 9.59 Å². The zero-order valence-electron chi connectivity index (χ0n) is 17.9. The maximum atomic E-state index is 12.8. The molecule has 1 saturated heterocycles. The van der Waals surface area contributed by atoms with Crippen LogP contribution in [0, 0.1) is 5.92 Å². The maximum absolute atomic E-state index is 12.8. The molecule has 1 heterocycles. The Hall–Kier alpha value is -2.74. The summed E-state index contributed by atoms with van der Waals surface area (Å²) in [6.07, 6.45) is 0.718. The number of carbonyl (C=O) groups is 4. The van der Waals surface area contributed by atoms with Gasteiger partial charge in [0.05, 0.1) is 5.92 Å². The van der Waals surface area contributed by atoms with Gasteiger partial charge in [0.25, 0.3) is 0 Å². The third kappa shape index (κ3) is 3.01. The van der Waals surface area contributed by atoms with Crippen LogP contribution in [-0.4, -0.2) is 52.2 Å². The number of carbonyl (C=O) groups excluding carboxylic acids is 4. The number of aliphatic hydroxyl groups is 1. The van der Waals surface area contributed by atoms with E-state index in [2.05, 4.69) is 0 Å². The minimum Gasteiger partial charge on any atom is -0.458 e. The molecule has 2 aliphatic carbocycles. The van der Waals surface area contributed by atoms with Crippen molar-refractivity contribution in [3.05, 3.63) is 34.4 Å². The van der Waals surface area contributed by atoms with Crippen molar-refractivity contribution in [2.45, 2.75) is 71.4 Å². The lowest BCUT2D eigenvalue weighted by atomic mass is 9.74. The predicted molar refractivity (Wildman–Crippen MR) is 104 cm³/mol. The van der Waals surface area contributed by atoms with E-state index in [9.17, 15) is 24.3 Å². The molecule has 1 fully saturated rings. The molecule has 8 nitrogen and oxygen atoms in total. The van der Waals surface area contributed by atoms with Gasteiger partial charge in [0.2, 0.25) is 5.60 Å². The Bertz CT molecular complexity index is 939. The number of esters is 3. The summed E-state index contributed by atoms with van der Waals surface area (Å²) in [5.74, 6) is -3.62. The second kappa shape index (κ2) is 7.19. The molecule has 1 aliphatic heterocycles. The van der Waals surface area contributed by atoms with Crippen molar-refractivity contribution in [3.8, 4) is 0 Å². The van der Waals surface area contributed by atoms with Gasteiger partial charge < -0.3 is 19.3 Å². The number of allylic oxidation sites excluding steroid dienone is 2. The van der Waals surface area contributed by atoms with Gasteiger partial charge in [-0.15, -0.1) is 0 Å². The molecule has 0 bridgehead atoms. The quantitative estimate of drug-likeness (QED) is 0.418. The van der Waals surface area contributed by atoms with Crippen LogP contribution in [-0.2, 0) is 33.4 Å². The Morgan fingerprint density at radius 3 is 2.47 bits per heavy atom. The number of hydrogen-bond donors (Lipinski definition) is 1. The summed E-state index contributed by atoms with van der Waals surface area (Å²) < 4.78 is 16.6. The smallest absolute Gasteiger partial charge is 0.351 e. The molecule has 0 aromatic rings. The van der Waals surface area contributed by atoms with Gasteiger partial charge in [-0.2, -0.15) is 0 Å². The van der Waals surface area contributed by atoms with Crippen LogP contribution < -0.4 is 0 Å². The van der Waals surface area contributed by atoms with Gasteiger partial charge in [0.1, 0.15) is 12.2 Å². The van der Waals surface area contributed by atoms with E-state index in [1.165, 1.54) is 13.0 Å². The van der Waals surface area contributed by atoms with E-state index in [1.54, 1.807) is 33.8 Å². The highest BCUT2D eigenvalue weighted by atomic mass is 16.6. The van der Waals surface area contributed by atoms with E-state index in [4.69, 9.17) is 14.2 Å². The Morgan fingerprint density at radius 1 is 1.27 bits per heavy atom. The number of ether oxygens (including phenoxy) is 3. The number of fused-ring (bicyclic) bond motifs is 3. The van der Waals surface area contributed by atoms with Crippen LogP contribution in [0.4, 0.5) is 0 Å². The number of rotatable bonds is 3. The predicted octanol–water partition coefficient (Wildman–Crippen LogP) is 1.71. The standard InChI is InChI=1S/C22H26O8/c1-7-10(2)19(25)28-15-8-11(3)16-14(24)9-12(4)22(16,27)18-17(15)21(6,20(26)29-18)30-13(5)23/h7,9,15,17-18,27H,8H2,1-6H3. The van der Waals surface area contributed by atoms with Crippen molar-refractivity contribution >= 4 is 23.7 Å². The average Bonchev–Trinajstić information content (AvgIpc) is 2.99. The van der Waals surface area contributed by atoms with E-state index in [0.717, 1.165) is 6.92 Å². The van der Waals surface area contributed by atoms with Gasteiger partial charge >= 0.3 is 17.9 Å². The molecular weight excluding hydrogens is 392 g/mol. The lowest BCUT2D eigenvalue weighted by Crippen LogP contribution is -2.54. The van der Waals surface area contributed by atoms with Crippen LogP contribution >= 0.6 is 0 Å². The Labute approximate surface area is 174 Å². The summed E-state index contributed by atoms with van der Waals surface area (Å²) >= 11 is 0. The fourth-order valence-corrected chi connectivity index (χ4v) is 4.69. The molecule has 0 aromatic carbocycles. The van der Waals surface area contributed by atoms with Crippen molar-refractivity contribution in [2.75, 3.05) is 0 Å². The van der Waals surface area contributed by atoms with Gasteiger partial charge in [-0.3, -0.25) is 9.59 Å². The molecule has 0 radical (unpaired) electrons. The van der Waals surface area contributed by atoms with E-state index >= 15 is 0 Å². The molecule has 8 heteroatoms. The van der Waals surface area contributed by atoms with Gasteiger partial charge in [-0.05, 0) is 46.3 Å². The third-order valence-electron chi connectivity index (χ3n) is 6.29. The second-order valence-electron chi connectivity index (χ2n) is 8.29. The van der Waals surface area contributed by atoms with Crippen LogP contribution in [0.25, 0.3) is 0 Å². The molecule has 0 aromatic heterocycles. The molecule has 1 N–H and O–H groups in total. The van der Waals surface area contributed by atoms with Crippen molar-refractivity contribution in [2.24, 2.45) is 5.92 Å². The first-order valence-corrected chi connectivity index (χ1v) is 9.78. The highest BCUT2D eigenvalue weighted by molar-refractivity contribution is 6.11. The first kappa shape index (κ1) is 22.0. The molecule has 162 valence electrons. The van der Waals surface area contributed by atoms with Crippen LogP contribution in [0.2, 0.25) is 0 Å². The Morgan fingerprint density at radius 2 is 1.90 bits per heavy atom. The average molecular weight is 418 g/mol. The molecular formula is C22H26O8. The number of ketones is 1. The highest BCUT2D eigenvalue weighted by Crippen LogP contribution is 2.53. The van der Waals surface area contributed by atoms with E-state index in [1.807, 2.05) is 0 Å². The summed E-state index contributed by atoms with van der Waals surface area (Å²) in [6.45, 7) is 9.04. The molecule has 5 atom stereocenters. The SMILES string of the molecule is CC=C(C)C(=O)OC1CC(C)=C2C(=O)C=C(C)C2(O)C2OC(=O)C(C)(OC(C)=O)C12. The Kier molecular flexibility index (Phi) is 5.27. The molecule has 3 rings (SSSR count). The number of hydrogen-bond acceptors (Lipinski definition) is 8. The van der Waals surface area contributed by atoms with Crippen LogP contribution in [0.15, 0.2) is 34.4 Å². The van der Waals surface area contributed by atoms with Crippen molar-refractivity contribution < 1.29 is 38.5 Å². The van der Waals surface area contributed by atoms with E-state index in [-0.39, 0.29) is 17.8 Å². The second-order valence-corrected chi connectivity index (χ2v) is 8.29. The first-order valence-electron chi connectivity index (χ1n) is 9.78. The molecule has 0 saturated carbocycles. The summed E-state index contributed by atoms with van der Waals surface area (Å²) in [5, 5.41) is 11.6. The molecule has 3 aliphatic rings.